The Morgan fingerprint density at radius 2 is 1.81 bits per heavy atom. The fourth-order valence-electron chi connectivity index (χ4n) is 3.72. The fourth-order valence-corrected chi connectivity index (χ4v) is 3.72. The first kappa shape index (κ1) is 18.5. The minimum atomic E-state index is -0.492. The minimum Gasteiger partial charge on any atom is -0.445 e. The van der Waals surface area contributed by atoms with Crippen molar-refractivity contribution in [3.05, 3.63) is 35.9 Å². The number of nitrogens with zero attached hydrogens (tertiary/aromatic N) is 2. The zero-order valence-electron chi connectivity index (χ0n) is 16.0. The molecule has 2 fully saturated rings. The normalized spacial score (nSPS) is 21.5. The summed E-state index contributed by atoms with van der Waals surface area (Å²) in [6, 6.07) is 9.71. The van der Waals surface area contributed by atoms with Gasteiger partial charge >= 0.3 is 12.2 Å². The number of ether oxygens (including phenoxy) is 2. The van der Waals surface area contributed by atoms with Gasteiger partial charge in [-0.1, -0.05) is 30.3 Å². The Balaban J connectivity index is 1.51. The first-order chi connectivity index (χ1) is 12.2. The van der Waals surface area contributed by atoms with Crippen LogP contribution in [0.3, 0.4) is 0 Å². The maximum absolute atomic E-state index is 12.5. The summed E-state index contributed by atoms with van der Waals surface area (Å²) in [5.74, 6) is 0. The Labute approximate surface area is 155 Å². The summed E-state index contributed by atoms with van der Waals surface area (Å²) in [5.41, 5.74) is 0.444. The second-order valence-corrected chi connectivity index (χ2v) is 8.36. The highest BCUT2D eigenvalue weighted by molar-refractivity contribution is 5.71. The Bertz CT molecular complexity index is 662. The van der Waals surface area contributed by atoms with Crippen LogP contribution in [-0.4, -0.2) is 53.3 Å². The zero-order valence-corrected chi connectivity index (χ0v) is 16.0. The molecule has 1 atom stereocenters. The molecule has 0 saturated carbocycles. The lowest BCUT2D eigenvalue weighted by atomic mass is 9.74. The van der Waals surface area contributed by atoms with Crippen LogP contribution >= 0.6 is 0 Å². The number of amides is 2. The number of carbonyl (C=O) groups excluding carboxylic acids is 2. The molecule has 3 rings (SSSR count). The van der Waals surface area contributed by atoms with E-state index in [0.717, 1.165) is 12.0 Å². The van der Waals surface area contributed by atoms with E-state index in [1.807, 2.05) is 58.0 Å². The van der Waals surface area contributed by atoms with E-state index in [4.69, 9.17) is 9.47 Å². The molecule has 1 spiro atoms. The first-order valence-corrected chi connectivity index (χ1v) is 9.15. The monoisotopic (exact) mass is 360 g/mol. The fraction of sp³-hybridized carbons (Fsp3) is 0.600. The third-order valence-electron chi connectivity index (χ3n) is 5.31. The van der Waals surface area contributed by atoms with Gasteiger partial charge in [-0.25, -0.2) is 9.59 Å². The smallest absolute Gasteiger partial charge is 0.410 e. The molecule has 26 heavy (non-hydrogen) atoms. The Morgan fingerprint density at radius 3 is 2.42 bits per heavy atom. The van der Waals surface area contributed by atoms with Gasteiger partial charge < -0.3 is 19.3 Å². The third kappa shape index (κ3) is 3.79. The summed E-state index contributed by atoms with van der Waals surface area (Å²) in [7, 11) is 0. The molecule has 1 unspecified atom stereocenters. The number of benzene rings is 1. The average molecular weight is 360 g/mol. The van der Waals surface area contributed by atoms with Gasteiger partial charge in [-0.15, -0.1) is 0 Å². The van der Waals surface area contributed by atoms with Gasteiger partial charge in [-0.3, -0.25) is 0 Å². The molecule has 0 bridgehead atoms. The molecule has 142 valence electrons. The van der Waals surface area contributed by atoms with Crippen molar-refractivity contribution in [2.75, 3.05) is 19.6 Å². The van der Waals surface area contributed by atoms with Gasteiger partial charge in [0.1, 0.15) is 12.2 Å². The predicted molar refractivity (Wildman–Crippen MR) is 97.7 cm³/mol. The lowest BCUT2D eigenvalue weighted by molar-refractivity contribution is -0.0439. The molecule has 6 heteroatoms. The second kappa shape index (κ2) is 6.82. The van der Waals surface area contributed by atoms with E-state index in [9.17, 15) is 9.59 Å². The average Bonchev–Trinajstić information content (AvgIpc) is 2.88. The number of hydrogen-bond acceptors (Lipinski definition) is 4. The van der Waals surface area contributed by atoms with Crippen molar-refractivity contribution in [3.8, 4) is 0 Å². The molecule has 2 amide bonds. The summed E-state index contributed by atoms with van der Waals surface area (Å²) in [5, 5.41) is 0. The van der Waals surface area contributed by atoms with E-state index in [2.05, 4.69) is 0 Å². The standard InChI is InChI=1S/C20H28N2O4/c1-15-20(13-21(14-20)17(23)26-19(2,3)4)10-11-22(15)18(24)25-12-16-8-6-5-7-9-16/h5-9,15H,10-14H2,1-4H3. The van der Waals surface area contributed by atoms with Crippen molar-refractivity contribution in [1.82, 2.24) is 9.80 Å². The molecule has 6 nitrogen and oxygen atoms in total. The van der Waals surface area contributed by atoms with Gasteiger partial charge in [0, 0.05) is 31.1 Å². The van der Waals surface area contributed by atoms with Crippen LogP contribution in [-0.2, 0) is 16.1 Å². The van der Waals surface area contributed by atoms with Gasteiger partial charge in [-0.2, -0.15) is 0 Å². The summed E-state index contributed by atoms with van der Waals surface area (Å²) < 4.78 is 10.9. The second-order valence-electron chi connectivity index (χ2n) is 8.36. The van der Waals surface area contributed by atoms with Crippen molar-refractivity contribution < 1.29 is 19.1 Å². The van der Waals surface area contributed by atoms with Gasteiger partial charge in [0.2, 0.25) is 0 Å². The molecule has 0 aliphatic carbocycles. The number of carbonyl (C=O) groups is 2. The van der Waals surface area contributed by atoms with Gasteiger partial charge in [-0.05, 0) is 39.7 Å². The van der Waals surface area contributed by atoms with Crippen molar-refractivity contribution in [2.45, 2.75) is 52.4 Å². The SMILES string of the molecule is CC1N(C(=O)OCc2ccccc2)CCC12CN(C(=O)OC(C)(C)C)C2. The highest BCUT2D eigenvalue weighted by Gasteiger charge is 2.56. The maximum Gasteiger partial charge on any atom is 0.410 e. The van der Waals surface area contributed by atoms with Crippen molar-refractivity contribution in [1.29, 1.82) is 0 Å². The van der Waals surface area contributed by atoms with Crippen LogP contribution < -0.4 is 0 Å². The van der Waals surface area contributed by atoms with Crippen LogP contribution in [0.25, 0.3) is 0 Å². The highest BCUT2D eigenvalue weighted by atomic mass is 16.6. The molecular weight excluding hydrogens is 332 g/mol. The van der Waals surface area contributed by atoms with E-state index >= 15 is 0 Å². The third-order valence-corrected chi connectivity index (χ3v) is 5.31. The van der Waals surface area contributed by atoms with Crippen molar-refractivity contribution >= 4 is 12.2 Å². The maximum atomic E-state index is 12.5. The first-order valence-electron chi connectivity index (χ1n) is 9.15. The molecule has 0 radical (unpaired) electrons. The molecular formula is C20H28N2O4. The molecule has 2 saturated heterocycles. The Morgan fingerprint density at radius 1 is 1.15 bits per heavy atom. The Kier molecular flexibility index (Phi) is 4.86. The van der Waals surface area contributed by atoms with Crippen molar-refractivity contribution in [2.24, 2.45) is 5.41 Å². The van der Waals surface area contributed by atoms with Crippen LogP contribution in [0, 0.1) is 5.41 Å². The quantitative estimate of drug-likeness (QED) is 0.808. The van der Waals surface area contributed by atoms with Crippen LogP contribution in [0.4, 0.5) is 9.59 Å². The molecule has 0 aromatic heterocycles. The summed E-state index contributed by atoms with van der Waals surface area (Å²) in [6.07, 6.45) is 0.322. The van der Waals surface area contributed by atoms with E-state index in [1.165, 1.54) is 0 Å². The number of rotatable bonds is 2. The molecule has 2 aliphatic rings. The predicted octanol–water partition coefficient (Wildman–Crippen LogP) is 3.65. The zero-order chi connectivity index (χ0) is 18.9. The van der Waals surface area contributed by atoms with Crippen LogP contribution in [0.2, 0.25) is 0 Å². The molecule has 1 aromatic rings. The molecule has 0 N–H and O–H groups in total. The van der Waals surface area contributed by atoms with E-state index in [0.29, 0.717) is 19.6 Å². The summed E-state index contributed by atoms with van der Waals surface area (Å²) in [6.45, 7) is 9.84. The van der Waals surface area contributed by atoms with E-state index in [1.54, 1.807) is 9.80 Å². The minimum absolute atomic E-state index is 0.0390. The largest absolute Gasteiger partial charge is 0.445 e. The highest BCUT2D eigenvalue weighted by Crippen LogP contribution is 2.45. The number of hydrogen-bond donors (Lipinski definition) is 0. The Hall–Kier alpha value is -2.24. The number of likely N-dealkylation sites (tertiary alicyclic amines) is 2. The summed E-state index contributed by atoms with van der Waals surface area (Å²) >= 11 is 0. The van der Waals surface area contributed by atoms with Crippen LogP contribution in [0.5, 0.6) is 0 Å². The van der Waals surface area contributed by atoms with Gasteiger partial charge in [0.05, 0.1) is 0 Å². The molecule has 1 aromatic carbocycles. The van der Waals surface area contributed by atoms with Crippen LogP contribution in [0.15, 0.2) is 30.3 Å². The van der Waals surface area contributed by atoms with Gasteiger partial charge in [0.25, 0.3) is 0 Å². The van der Waals surface area contributed by atoms with E-state index < -0.39 is 5.60 Å². The lowest BCUT2D eigenvalue weighted by Crippen LogP contribution is -2.63. The topological polar surface area (TPSA) is 59.1 Å². The molecule has 2 aliphatic heterocycles. The van der Waals surface area contributed by atoms with Crippen LogP contribution in [0.1, 0.15) is 39.7 Å². The molecule has 2 heterocycles. The summed E-state index contributed by atoms with van der Waals surface area (Å²) in [4.78, 5) is 28.1. The van der Waals surface area contributed by atoms with Gasteiger partial charge in [0.15, 0.2) is 0 Å². The van der Waals surface area contributed by atoms with Crippen molar-refractivity contribution in [3.63, 3.8) is 0 Å². The lowest BCUT2D eigenvalue weighted by Gasteiger charge is -2.50. The van der Waals surface area contributed by atoms with E-state index in [-0.39, 0.29) is 30.3 Å².